The molecule has 2 aromatic rings. The van der Waals surface area contributed by atoms with Gasteiger partial charge in [-0.2, -0.15) is 0 Å². The molecule has 0 aromatic heterocycles. The number of hydrogen-bond donors (Lipinski definition) is 2. The van der Waals surface area contributed by atoms with Crippen LogP contribution in [0.25, 0.3) is 0 Å². The minimum atomic E-state index is -0.817. The molecule has 0 aliphatic carbocycles. The van der Waals surface area contributed by atoms with Crippen molar-refractivity contribution in [2.45, 2.75) is 13.3 Å². The van der Waals surface area contributed by atoms with Crippen LogP contribution in [0.5, 0.6) is 5.75 Å². The Morgan fingerprint density at radius 1 is 1.19 bits per heavy atom. The molecule has 0 amide bonds. The number of carboxylic acid groups (broad SMARTS) is 1. The highest BCUT2D eigenvalue weighted by molar-refractivity contribution is 5.70. The van der Waals surface area contributed by atoms with Crippen molar-refractivity contribution in [3.63, 3.8) is 0 Å². The van der Waals surface area contributed by atoms with E-state index in [0.29, 0.717) is 13.2 Å². The molecule has 0 aliphatic rings. The van der Waals surface area contributed by atoms with Gasteiger partial charge in [0.1, 0.15) is 12.4 Å². The van der Waals surface area contributed by atoms with E-state index < -0.39 is 5.97 Å². The molecule has 4 heteroatoms. The molecule has 21 heavy (non-hydrogen) atoms. The highest BCUT2D eigenvalue weighted by atomic mass is 16.5. The normalized spacial score (nSPS) is 10.1. The lowest BCUT2D eigenvalue weighted by Crippen LogP contribution is -2.11. The van der Waals surface area contributed by atoms with Gasteiger partial charge in [0.15, 0.2) is 0 Å². The fraction of sp³-hybridized carbons (Fsp3) is 0.235. The monoisotopic (exact) mass is 285 g/mol. The van der Waals surface area contributed by atoms with Crippen molar-refractivity contribution in [3.8, 4) is 5.75 Å². The summed E-state index contributed by atoms with van der Waals surface area (Å²) in [4.78, 5) is 10.6. The van der Waals surface area contributed by atoms with Gasteiger partial charge in [0, 0.05) is 12.2 Å². The van der Waals surface area contributed by atoms with Crippen molar-refractivity contribution >= 4 is 11.7 Å². The number of aryl methyl sites for hydroxylation is 1. The Kier molecular flexibility index (Phi) is 5.21. The summed E-state index contributed by atoms with van der Waals surface area (Å²) in [6.07, 6.45) is 0.0523. The first-order chi connectivity index (χ1) is 10.1. The van der Waals surface area contributed by atoms with Crippen LogP contribution in [-0.4, -0.2) is 24.2 Å². The quantitative estimate of drug-likeness (QED) is 0.767. The zero-order chi connectivity index (χ0) is 15.1. The fourth-order valence-corrected chi connectivity index (χ4v) is 1.98. The average Bonchev–Trinajstić information content (AvgIpc) is 2.45. The highest BCUT2D eigenvalue weighted by Gasteiger charge is 2.00. The lowest BCUT2D eigenvalue weighted by atomic mass is 10.1. The van der Waals surface area contributed by atoms with Crippen LogP contribution in [-0.2, 0) is 11.2 Å². The second-order valence-electron chi connectivity index (χ2n) is 4.86. The largest absolute Gasteiger partial charge is 0.492 e. The molecular formula is C17H19NO3. The van der Waals surface area contributed by atoms with Gasteiger partial charge >= 0.3 is 5.97 Å². The van der Waals surface area contributed by atoms with Crippen LogP contribution in [0.1, 0.15) is 11.1 Å². The number of carboxylic acids is 1. The Balaban J connectivity index is 1.74. The standard InChI is InChI=1S/C17H19NO3/c1-13-3-2-4-16(11-13)21-10-9-18-15-7-5-14(6-8-15)12-17(19)20/h2-8,11,18H,9-10,12H2,1H3,(H,19,20). The molecule has 0 atom stereocenters. The minimum absolute atomic E-state index is 0.0523. The molecule has 0 fully saturated rings. The molecule has 2 aromatic carbocycles. The topological polar surface area (TPSA) is 58.6 Å². The zero-order valence-electron chi connectivity index (χ0n) is 12.0. The van der Waals surface area contributed by atoms with E-state index in [4.69, 9.17) is 9.84 Å². The van der Waals surface area contributed by atoms with E-state index in [0.717, 1.165) is 17.0 Å². The molecule has 2 N–H and O–H groups in total. The van der Waals surface area contributed by atoms with Crippen molar-refractivity contribution in [2.24, 2.45) is 0 Å². The van der Waals surface area contributed by atoms with Gasteiger partial charge in [-0.3, -0.25) is 4.79 Å². The lowest BCUT2D eigenvalue weighted by Gasteiger charge is -2.09. The fourth-order valence-electron chi connectivity index (χ4n) is 1.98. The van der Waals surface area contributed by atoms with Gasteiger partial charge in [0.05, 0.1) is 6.42 Å². The average molecular weight is 285 g/mol. The van der Waals surface area contributed by atoms with Crippen LogP contribution in [0, 0.1) is 6.92 Å². The van der Waals surface area contributed by atoms with E-state index >= 15 is 0 Å². The Bertz CT molecular complexity index is 593. The zero-order valence-corrected chi connectivity index (χ0v) is 12.0. The summed E-state index contributed by atoms with van der Waals surface area (Å²) in [5.74, 6) is 0.0517. The molecule has 0 spiro atoms. The van der Waals surface area contributed by atoms with E-state index in [2.05, 4.69) is 5.32 Å². The van der Waals surface area contributed by atoms with Crippen molar-refractivity contribution in [2.75, 3.05) is 18.5 Å². The molecule has 0 saturated carbocycles. The first-order valence-corrected chi connectivity index (χ1v) is 6.87. The second-order valence-corrected chi connectivity index (χ2v) is 4.86. The van der Waals surface area contributed by atoms with E-state index in [-0.39, 0.29) is 6.42 Å². The van der Waals surface area contributed by atoms with E-state index in [9.17, 15) is 4.79 Å². The molecule has 110 valence electrons. The maximum Gasteiger partial charge on any atom is 0.307 e. The molecule has 0 heterocycles. The molecule has 0 unspecified atom stereocenters. The van der Waals surface area contributed by atoms with E-state index in [1.54, 1.807) is 0 Å². The first kappa shape index (κ1) is 14.9. The first-order valence-electron chi connectivity index (χ1n) is 6.87. The molecule has 0 aliphatic heterocycles. The number of carbonyl (C=O) groups is 1. The maximum absolute atomic E-state index is 10.6. The number of hydrogen-bond acceptors (Lipinski definition) is 3. The van der Waals surface area contributed by atoms with Crippen molar-refractivity contribution in [1.82, 2.24) is 0 Å². The summed E-state index contributed by atoms with van der Waals surface area (Å²) in [5.41, 5.74) is 2.93. The van der Waals surface area contributed by atoms with Crippen LogP contribution < -0.4 is 10.1 Å². The summed E-state index contributed by atoms with van der Waals surface area (Å²) < 4.78 is 5.64. The molecule has 0 bridgehead atoms. The molecule has 0 radical (unpaired) electrons. The third-order valence-corrected chi connectivity index (χ3v) is 3.00. The van der Waals surface area contributed by atoms with Gasteiger partial charge in [0.25, 0.3) is 0 Å². The van der Waals surface area contributed by atoms with Crippen LogP contribution >= 0.6 is 0 Å². The van der Waals surface area contributed by atoms with Crippen molar-refractivity contribution < 1.29 is 14.6 Å². The van der Waals surface area contributed by atoms with Gasteiger partial charge in [-0.1, -0.05) is 24.3 Å². The van der Waals surface area contributed by atoms with Gasteiger partial charge in [-0.05, 0) is 42.3 Å². The number of anilines is 1. The predicted molar refractivity (Wildman–Crippen MR) is 82.9 cm³/mol. The molecule has 4 nitrogen and oxygen atoms in total. The number of benzene rings is 2. The Labute approximate surface area is 124 Å². The van der Waals surface area contributed by atoms with Gasteiger partial charge in [-0.15, -0.1) is 0 Å². The van der Waals surface area contributed by atoms with Crippen molar-refractivity contribution in [3.05, 3.63) is 59.7 Å². The number of rotatable bonds is 7. The van der Waals surface area contributed by atoms with E-state index in [1.807, 2.05) is 55.5 Å². The third-order valence-electron chi connectivity index (χ3n) is 3.00. The highest BCUT2D eigenvalue weighted by Crippen LogP contribution is 2.13. The molecule has 0 saturated heterocycles. The van der Waals surface area contributed by atoms with Gasteiger partial charge < -0.3 is 15.2 Å². The van der Waals surface area contributed by atoms with Crippen LogP contribution in [0.4, 0.5) is 5.69 Å². The SMILES string of the molecule is Cc1cccc(OCCNc2ccc(CC(=O)O)cc2)c1. The van der Waals surface area contributed by atoms with Gasteiger partial charge in [0.2, 0.25) is 0 Å². The summed E-state index contributed by atoms with van der Waals surface area (Å²) in [7, 11) is 0. The summed E-state index contributed by atoms with van der Waals surface area (Å²) >= 11 is 0. The summed E-state index contributed by atoms with van der Waals surface area (Å²) in [5, 5.41) is 11.9. The minimum Gasteiger partial charge on any atom is -0.492 e. The molecular weight excluding hydrogens is 266 g/mol. The Morgan fingerprint density at radius 3 is 2.62 bits per heavy atom. The second kappa shape index (κ2) is 7.33. The Hall–Kier alpha value is -2.49. The number of ether oxygens (including phenoxy) is 1. The summed E-state index contributed by atoms with van der Waals surface area (Å²) in [6.45, 7) is 3.29. The third kappa shape index (κ3) is 5.18. The van der Waals surface area contributed by atoms with Crippen LogP contribution in [0.3, 0.4) is 0 Å². The van der Waals surface area contributed by atoms with Crippen molar-refractivity contribution in [1.29, 1.82) is 0 Å². The van der Waals surface area contributed by atoms with Gasteiger partial charge in [-0.25, -0.2) is 0 Å². The Morgan fingerprint density at radius 2 is 1.95 bits per heavy atom. The van der Waals surface area contributed by atoms with Crippen LogP contribution in [0.15, 0.2) is 48.5 Å². The van der Waals surface area contributed by atoms with E-state index in [1.165, 1.54) is 5.56 Å². The summed E-state index contributed by atoms with van der Waals surface area (Å²) in [6, 6.07) is 15.3. The number of aliphatic carboxylic acids is 1. The predicted octanol–water partition coefficient (Wildman–Crippen LogP) is 3.11. The lowest BCUT2D eigenvalue weighted by molar-refractivity contribution is -0.136. The number of nitrogens with one attached hydrogen (secondary N) is 1. The van der Waals surface area contributed by atoms with Crippen LogP contribution in [0.2, 0.25) is 0 Å². The maximum atomic E-state index is 10.6. The smallest absolute Gasteiger partial charge is 0.307 e. The molecule has 2 rings (SSSR count).